The Balaban J connectivity index is 0.00000200. The third-order valence-corrected chi connectivity index (χ3v) is 4.42. The number of carbonyl (C=O) groups is 1. The minimum atomic E-state index is -0.0810. The molecule has 3 nitrogen and oxygen atoms in total. The van der Waals surface area contributed by atoms with Gasteiger partial charge in [-0.15, -0.1) is 23.7 Å². The summed E-state index contributed by atoms with van der Waals surface area (Å²) in [7, 11) is 0. The van der Waals surface area contributed by atoms with Crippen LogP contribution in [0.15, 0.2) is 40.2 Å². The molecule has 0 bridgehead atoms. The van der Waals surface area contributed by atoms with E-state index in [0.717, 1.165) is 28.8 Å². The van der Waals surface area contributed by atoms with Gasteiger partial charge in [-0.05, 0) is 51.6 Å². The summed E-state index contributed by atoms with van der Waals surface area (Å²) in [5.41, 5.74) is 1.98. The molecule has 0 saturated carbocycles. The van der Waals surface area contributed by atoms with E-state index in [9.17, 15) is 4.79 Å². The van der Waals surface area contributed by atoms with Gasteiger partial charge in [0, 0.05) is 16.7 Å². The Morgan fingerprint density at radius 1 is 1.35 bits per heavy atom. The predicted molar refractivity (Wildman–Crippen MR) is 91.0 cm³/mol. The Kier molecular flexibility index (Phi) is 7.23. The zero-order chi connectivity index (χ0) is 13.7. The van der Waals surface area contributed by atoms with Crippen LogP contribution < -0.4 is 10.6 Å². The molecule has 1 aromatic carbocycles. The molecule has 2 aromatic rings. The molecule has 0 spiro atoms. The zero-order valence-corrected chi connectivity index (χ0v) is 14.2. The minimum absolute atomic E-state index is 0. The van der Waals surface area contributed by atoms with Gasteiger partial charge in [-0.1, -0.05) is 19.1 Å². The van der Waals surface area contributed by atoms with Crippen molar-refractivity contribution in [3.8, 4) is 0 Å². The van der Waals surface area contributed by atoms with E-state index in [1.54, 1.807) is 0 Å². The number of amides is 1. The van der Waals surface area contributed by atoms with Gasteiger partial charge < -0.3 is 10.6 Å². The van der Waals surface area contributed by atoms with E-state index in [-0.39, 0.29) is 18.3 Å². The normalized spacial score (nSPS) is 9.90. The summed E-state index contributed by atoms with van der Waals surface area (Å²) in [5, 5.41) is 8.07. The van der Waals surface area contributed by atoms with Crippen LogP contribution in [0.1, 0.15) is 22.2 Å². The average Bonchev–Trinajstić information content (AvgIpc) is 2.83. The van der Waals surface area contributed by atoms with Gasteiger partial charge in [-0.25, -0.2) is 0 Å². The van der Waals surface area contributed by atoms with E-state index in [0.29, 0.717) is 4.88 Å². The van der Waals surface area contributed by atoms with Crippen molar-refractivity contribution in [3.05, 3.63) is 50.6 Å². The van der Waals surface area contributed by atoms with Gasteiger partial charge in [-0.3, -0.25) is 4.79 Å². The van der Waals surface area contributed by atoms with Crippen LogP contribution in [0.5, 0.6) is 0 Å². The molecular weight excluding hydrogens is 360 g/mol. The highest BCUT2D eigenvalue weighted by atomic mass is 79.9. The van der Waals surface area contributed by atoms with Crippen molar-refractivity contribution >= 4 is 51.3 Å². The predicted octanol–water partition coefficient (Wildman–Crippen LogP) is 4.29. The summed E-state index contributed by atoms with van der Waals surface area (Å²) in [5.74, 6) is -0.0810. The van der Waals surface area contributed by atoms with Gasteiger partial charge in [0.25, 0.3) is 5.91 Å². The Labute approximate surface area is 137 Å². The highest BCUT2D eigenvalue weighted by Crippen LogP contribution is 2.23. The first-order chi connectivity index (χ1) is 9.20. The Hall–Kier alpha value is -0.880. The molecule has 0 saturated heterocycles. The van der Waals surface area contributed by atoms with Gasteiger partial charge in [0.15, 0.2) is 0 Å². The third-order valence-electron chi connectivity index (χ3n) is 2.59. The third kappa shape index (κ3) is 4.59. The van der Waals surface area contributed by atoms with Gasteiger partial charge in [0.05, 0.1) is 0 Å². The van der Waals surface area contributed by atoms with Crippen LogP contribution in [0.2, 0.25) is 0 Å². The van der Waals surface area contributed by atoms with E-state index < -0.39 is 0 Å². The highest BCUT2D eigenvalue weighted by molar-refractivity contribution is 9.10. The van der Waals surface area contributed by atoms with Crippen molar-refractivity contribution in [2.24, 2.45) is 0 Å². The Morgan fingerprint density at radius 2 is 2.15 bits per heavy atom. The molecule has 1 heterocycles. The van der Waals surface area contributed by atoms with Gasteiger partial charge in [0.1, 0.15) is 4.88 Å². The molecule has 0 aliphatic carbocycles. The number of thiophene rings is 1. The van der Waals surface area contributed by atoms with Crippen LogP contribution in [-0.2, 0) is 6.54 Å². The first-order valence-corrected chi connectivity index (χ1v) is 7.72. The smallest absolute Gasteiger partial charge is 0.266 e. The summed E-state index contributed by atoms with van der Waals surface area (Å²) in [6.07, 6.45) is 0. The number of carbonyl (C=O) groups excluding carboxylic acids is 1. The zero-order valence-electron chi connectivity index (χ0n) is 11.0. The lowest BCUT2D eigenvalue weighted by atomic mass is 10.2. The fourth-order valence-corrected chi connectivity index (χ4v) is 3.12. The topological polar surface area (TPSA) is 41.1 Å². The van der Waals surface area contributed by atoms with Gasteiger partial charge in [0.2, 0.25) is 0 Å². The Bertz CT molecular complexity index is 574. The number of nitrogens with one attached hydrogen (secondary N) is 2. The van der Waals surface area contributed by atoms with Crippen molar-refractivity contribution in [1.82, 2.24) is 5.32 Å². The van der Waals surface area contributed by atoms with Gasteiger partial charge in [-0.2, -0.15) is 0 Å². The maximum atomic E-state index is 12.1. The molecule has 0 atom stereocenters. The van der Waals surface area contributed by atoms with E-state index >= 15 is 0 Å². The second-order valence-electron chi connectivity index (χ2n) is 4.03. The molecule has 2 N–H and O–H groups in total. The van der Waals surface area contributed by atoms with E-state index in [1.807, 2.05) is 35.7 Å². The quantitative estimate of drug-likeness (QED) is 0.818. The standard InChI is InChI=1S/C14H15BrN2OS.ClH/c1-2-16-9-10-4-3-5-11(8-10)17-14(18)13-12(15)6-7-19-13;/h3-8,16H,2,9H2,1H3,(H,17,18);1H. The van der Waals surface area contributed by atoms with Crippen molar-refractivity contribution in [3.63, 3.8) is 0 Å². The maximum absolute atomic E-state index is 12.1. The molecule has 6 heteroatoms. The lowest BCUT2D eigenvalue weighted by Crippen LogP contribution is -2.13. The van der Waals surface area contributed by atoms with Crippen LogP contribution >= 0.6 is 39.7 Å². The summed E-state index contributed by atoms with van der Waals surface area (Å²) in [4.78, 5) is 12.8. The molecular formula is C14H16BrClN2OS. The number of halogens is 2. The number of benzene rings is 1. The molecule has 0 aliphatic heterocycles. The van der Waals surface area contributed by atoms with Crippen LogP contribution in [-0.4, -0.2) is 12.5 Å². The summed E-state index contributed by atoms with van der Waals surface area (Å²) in [6, 6.07) is 9.75. The molecule has 0 fully saturated rings. The van der Waals surface area contributed by atoms with E-state index in [4.69, 9.17) is 0 Å². The fraction of sp³-hybridized carbons (Fsp3) is 0.214. The first-order valence-electron chi connectivity index (χ1n) is 6.04. The summed E-state index contributed by atoms with van der Waals surface area (Å²) < 4.78 is 0.832. The first kappa shape index (κ1) is 17.2. The second-order valence-corrected chi connectivity index (χ2v) is 5.80. The molecule has 2 rings (SSSR count). The maximum Gasteiger partial charge on any atom is 0.266 e. The number of hydrogen-bond donors (Lipinski definition) is 2. The van der Waals surface area contributed by atoms with Crippen molar-refractivity contribution < 1.29 is 4.79 Å². The Morgan fingerprint density at radius 3 is 2.80 bits per heavy atom. The van der Waals surface area contributed by atoms with Crippen molar-refractivity contribution in [2.45, 2.75) is 13.5 Å². The van der Waals surface area contributed by atoms with Crippen LogP contribution in [0.3, 0.4) is 0 Å². The minimum Gasteiger partial charge on any atom is -0.321 e. The average molecular weight is 376 g/mol. The lowest BCUT2D eigenvalue weighted by Gasteiger charge is -2.07. The van der Waals surface area contributed by atoms with E-state index in [2.05, 4.69) is 33.5 Å². The van der Waals surface area contributed by atoms with Crippen LogP contribution in [0.25, 0.3) is 0 Å². The number of rotatable bonds is 5. The molecule has 1 amide bonds. The van der Waals surface area contributed by atoms with E-state index in [1.165, 1.54) is 11.3 Å². The van der Waals surface area contributed by atoms with Crippen molar-refractivity contribution in [1.29, 1.82) is 0 Å². The monoisotopic (exact) mass is 374 g/mol. The largest absolute Gasteiger partial charge is 0.321 e. The number of anilines is 1. The molecule has 1 aromatic heterocycles. The summed E-state index contributed by atoms with van der Waals surface area (Å²) >= 11 is 4.79. The molecule has 0 aliphatic rings. The van der Waals surface area contributed by atoms with Crippen LogP contribution in [0, 0.1) is 0 Å². The molecule has 0 radical (unpaired) electrons. The second kappa shape index (κ2) is 8.42. The SMILES string of the molecule is CCNCc1cccc(NC(=O)c2sccc2Br)c1.Cl. The lowest BCUT2D eigenvalue weighted by molar-refractivity contribution is 0.103. The van der Waals surface area contributed by atoms with Crippen molar-refractivity contribution in [2.75, 3.05) is 11.9 Å². The number of hydrogen-bond acceptors (Lipinski definition) is 3. The molecule has 0 unspecified atom stereocenters. The van der Waals surface area contributed by atoms with Crippen LogP contribution in [0.4, 0.5) is 5.69 Å². The van der Waals surface area contributed by atoms with Gasteiger partial charge >= 0.3 is 0 Å². The summed E-state index contributed by atoms with van der Waals surface area (Å²) in [6.45, 7) is 3.81. The highest BCUT2D eigenvalue weighted by Gasteiger charge is 2.11. The fourth-order valence-electron chi connectivity index (χ4n) is 1.67. The molecule has 20 heavy (non-hydrogen) atoms. The molecule has 108 valence electrons.